The Labute approximate surface area is 87.3 Å². The zero-order valence-corrected chi connectivity index (χ0v) is 8.62. The van der Waals surface area contributed by atoms with Gasteiger partial charge in [-0.3, -0.25) is 10.1 Å². The summed E-state index contributed by atoms with van der Waals surface area (Å²) in [7, 11) is 1.65. The maximum atomic E-state index is 10.7. The van der Waals surface area contributed by atoms with Crippen molar-refractivity contribution in [2.45, 2.75) is 13.0 Å². The number of aliphatic hydroxyl groups excluding tert-OH is 1. The fraction of sp³-hybridized carbons (Fsp3) is 0.444. The van der Waals surface area contributed by atoms with Crippen LogP contribution < -0.4 is 4.90 Å². The molecule has 82 valence electrons. The number of hydrogen-bond donors (Lipinski definition) is 1. The molecule has 0 aliphatic rings. The number of hydrogen-bond acceptors (Lipinski definition) is 5. The fourth-order valence-corrected chi connectivity index (χ4v) is 1.31. The van der Waals surface area contributed by atoms with Crippen molar-refractivity contribution in [1.82, 2.24) is 4.98 Å². The van der Waals surface area contributed by atoms with E-state index in [1.54, 1.807) is 18.9 Å². The Morgan fingerprint density at radius 2 is 2.40 bits per heavy atom. The van der Waals surface area contributed by atoms with Crippen LogP contribution in [0.3, 0.4) is 0 Å². The lowest BCUT2D eigenvalue weighted by Gasteiger charge is -2.18. The average molecular weight is 211 g/mol. The number of nitrogens with zero attached hydrogens (tertiary/aromatic N) is 3. The van der Waals surface area contributed by atoms with Crippen LogP contribution in [0.2, 0.25) is 0 Å². The molecule has 0 aromatic carbocycles. The lowest BCUT2D eigenvalue weighted by Crippen LogP contribution is -2.28. The monoisotopic (exact) mass is 211 g/mol. The summed E-state index contributed by atoms with van der Waals surface area (Å²) in [5.41, 5.74) is -0.0550. The number of likely N-dealkylation sites (N-methyl/N-ethyl adjacent to an activating group) is 1. The smallest absolute Gasteiger partial charge is 0.311 e. The van der Waals surface area contributed by atoms with E-state index in [4.69, 9.17) is 0 Å². The first kappa shape index (κ1) is 11.4. The van der Waals surface area contributed by atoms with Crippen molar-refractivity contribution in [1.29, 1.82) is 0 Å². The molecule has 1 aromatic rings. The Bertz CT molecular complexity index is 354. The summed E-state index contributed by atoms with van der Waals surface area (Å²) in [5, 5.41) is 19.9. The van der Waals surface area contributed by atoms with Crippen molar-refractivity contribution in [3.8, 4) is 0 Å². The van der Waals surface area contributed by atoms with Gasteiger partial charge in [0.05, 0.1) is 11.0 Å². The molecule has 15 heavy (non-hydrogen) atoms. The zero-order chi connectivity index (χ0) is 11.4. The minimum atomic E-state index is -0.559. The molecule has 1 N–H and O–H groups in total. The first-order valence-electron chi connectivity index (χ1n) is 4.51. The van der Waals surface area contributed by atoms with Crippen LogP contribution in [0.1, 0.15) is 6.92 Å². The van der Waals surface area contributed by atoms with Crippen molar-refractivity contribution in [2.75, 3.05) is 18.5 Å². The van der Waals surface area contributed by atoms with Crippen molar-refractivity contribution < 1.29 is 10.0 Å². The van der Waals surface area contributed by atoms with Gasteiger partial charge in [0.25, 0.3) is 0 Å². The Balaban J connectivity index is 2.97. The molecule has 1 aromatic heterocycles. The number of nitro groups is 1. The summed E-state index contributed by atoms with van der Waals surface area (Å²) in [5.74, 6) is 0.267. The molecule has 0 saturated heterocycles. The standard InChI is InChI=1S/C9H13N3O3/c1-7(13)6-11(2)9-8(12(14)15)4-3-5-10-9/h3-5,7,13H,6H2,1-2H3. The molecule has 0 fully saturated rings. The van der Waals surface area contributed by atoms with Gasteiger partial charge in [-0.2, -0.15) is 0 Å². The van der Waals surface area contributed by atoms with Gasteiger partial charge in [0.15, 0.2) is 0 Å². The van der Waals surface area contributed by atoms with Crippen LogP contribution in [-0.4, -0.2) is 34.7 Å². The van der Waals surface area contributed by atoms with Crippen LogP contribution in [0.4, 0.5) is 11.5 Å². The van der Waals surface area contributed by atoms with Gasteiger partial charge in [-0.05, 0) is 13.0 Å². The number of rotatable bonds is 4. The van der Waals surface area contributed by atoms with Crippen molar-refractivity contribution in [2.24, 2.45) is 0 Å². The van der Waals surface area contributed by atoms with Crippen LogP contribution in [0.5, 0.6) is 0 Å². The third-order valence-corrected chi connectivity index (χ3v) is 1.86. The van der Waals surface area contributed by atoms with Crippen LogP contribution in [-0.2, 0) is 0 Å². The third kappa shape index (κ3) is 2.88. The van der Waals surface area contributed by atoms with E-state index in [0.29, 0.717) is 6.54 Å². The molecular formula is C9H13N3O3. The van der Waals surface area contributed by atoms with Gasteiger partial charge >= 0.3 is 5.69 Å². The second-order valence-corrected chi connectivity index (χ2v) is 3.33. The van der Waals surface area contributed by atoms with E-state index in [0.717, 1.165) is 0 Å². The summed E-state index contributed by atoms with van der Waals surface area (Å²) >= 11 is 0. The average Bonchev–Trinajstić information content (AvgIpc) is 2.16. The third-order valence-electron chi connectivity index (χ3n) is 1.86. The van der Waals surface area contributed by atoms with Crippen LogP contribution in [0.25, 0.3) is 0 Å². The van der Waals surface area contributed by atoms with Crippen molar-refractivity contribution in [3.05, 3.63) is 28.4 Å². The minimum Gasteiger partial charge on any atom is -0.392 e. The molecule has 1 atom stereocenters. The lowest BCUT2D eigenvalue weighted by molar-refractivity contribution is -0.384. The van der Waals surface area contributed by atoms with Crippen molar-refractivity contribution >= 4 is 11.5 Å². The van der Waals surface area contributed by atoms with E-state index in [2.05, 4.69) is 4.98 Å². The van der Waals surface area contributed by atoms with Gasteiger partial charge in [-0.15, -0.1) is 0 Å². The molecule has 0 amide bonds. The van der Waals surface area contributed by atoms with E-state index >= 15 is 0 Å². The first-order valence-corrected chi connectivity index (χ1v) is 4.51. The molecule has 0 aliphatic heterocycles. The molecule has 1 rings (SSSR count). The molecule has 0 spiro atoms. The topological polar surface area (TPSA) is 79.5 Å². The Kier molecular flexibility index (Phi) is 3.56. The molecule has 1 heterocycles. The molecule has 6 nitrogen and oxygen atoms in total. The highest BCUT2D eigenvalue weighted by Crippen LogP contribution is 2.23. The predicted octanol–water partition coefficient (Wildman–Crippen LogP) is 0.807. The van der Waals surface area contributed by atoms with E-state index in [1.807, 2.05) is 0 Å². The van der Waals surface area contributed by atoms with Gasteiger partial charge in [0.2, 0.25) is 5.82 Å². The van der Waals surface area contributed by atoms with Crippen LogP contribution in [0.15, 0.2) is 18.3 Å². The maximum Gasteiger partial charge on any atom is 0.311 e. The summed E-state index contributed by atoms with van der Waals surface area (Å²) in [6.07, 6.45) is 0.928. The van der Waals surface area contributed by atoms with Crippen molar-refractivity contribution in [3.63, 3.8) is 0 Å². The predicted molar refractivity (Wildman–Crippen MR) is 55.8 cm³/mol. The van der Waals surface area contributed by atoms with E-state index in [9.17, 15) is 15.2 Å². The Hall–Kier alpha value is -1.69. The molecule has 0 aliphatic carbocycles. The minimum absolute atomic E-state index is 0.0550. The molecule has 0 saturated carbocycles. The quantitative estimate of drug-likeness (QED) is 0.588. The maximum absolute atomic E-state index is 10.7. The number of anilines is 1. The summed E-state index contributed by atoms with van der Waals surface area (Å²) in [4.78, 5) is 15.7. The highest BCUT2D eigenvalue weighted by atomic mass is 16.6. The van der Waals surface area contributed by atoms with Crippen LogP contribution in [0, 0.1) is 10.1 Å². The van der Waals surface area contributed by atoms with Gasteiger partial charge in [0.1, 0.15) is 0 Å². The Morgan fingerprint density at radius 3 is 2.93 bits per heavy atom. The largest absolute Gasteiger partial charge is 0.392 e. The van der Waals surface area contributed by atoms with E-state index in [1.165, 1.54) is 18.3 Å². The van der Waals surface area contributed by atoms with E-state index in [-0.39, 0.29) is 11.5 Å². The first-order chi connectivity index (χ1) is 7.02. The summed E-state index contributed by atoms with van der Waals surface area (Å²) in [6, 6.07) is 2.90. The molecule has 6 heteroatoms. The summed E-state index contributed by atoms with van der Waals surface area (Å²) in [6.45, 7) is 1.92. The molecule has 1 unspecified atom stereocenters. The number of aliphatic hydroxyl groups is 1. The van der Waals surface area contributed by atoms with Gasteiger partial charge in [-0.25, -0.2) is 4.98 Å². The van der Waals surface area contributed by atoms with Gasteiger partial charge in [-0.1, -0.05) is 0 Å². The van der Waals surface area contributed by atoms with E-state index < -0.39 is 11.0 Å². The number of pyridine rings is 1. The SMILES string of the molecule is CC(O)CN(C)c1ncccc1[N+](=O)[O-]. The normalized spacial score (nSPS) is 12.2. The molecular weight excluding hydrogens is 198 g/mol. The highest BCUT2D eigenvalue weighted by molar-refractivity contribution is 5.56. The van der Waals surface area contributed by atoms with Crippen LogP contribution >= 0.6 is 0 Å². The zero-order valence-electron chi connectivity index (χ0n) is 8.62. The Morgan fingerprint density at radius 1 is 1.73 bits per heavy atom. The molecule has 0 radical (unpaired) electrons. The van der Waals surface area contributed by atoms with Gasteiger partial charge in [0, 0.05) is 25.9 Å². The lowest BCUT2D eigenvalue weighted by atomic mass is 10.3. The highest BCUT2D eigenvalue weighted by Gasteiger charge is 2.18. The van der Waals surface area contributed by atoms with Gasteiger partial charge < -0.3 is 10.0 Å². The number of aromatic nitrogens is 1. The molecule has 0 bridgehead atoms. The second kappa shape index (κ2) is 4.70. The summed E-state index contributed by atoms with van der Waals surface area (Å²) < 4.78 is 0. The second-order valence-electron chi connectivity index (χ2n) is 3.33. The fourth-order valence-electron chi connectivity index (χ4n) is 1.31.